The molecule has 0 aromatic carbocycles. The molecule has 0 bridgehead atoms. The van der Waals surface area contributed by atoms with Crippen LogP contribution in [0.15, 0.2) is 0 Å². The fourth-order valence-electron chi connectivity index (χ4n) is 5.26. The van der Waals surface area contributed by atoms with Gasteiger partial charge in [-0.25, -0.2) is 0 Å². The molecule has 0 aromatic rings. The molecule has 0 N–H and O–H groups in total. The summed E-state index contributed by atoms with van der Waals surface area (Å²) in [4.78, 5) is 0. The zero-order chi connectivity index (χ0) is 21.2. The van der Waals surface area contributed by atoms with Gasteiger partial charge in [-0.2, -0.15) is 13.1 Å². The van der Waals surface area contributed by atoms with Crippen molar-refractivity contribution in [3.8, 4) is 0 Å². The molecule has 0 aromatic heterocycles. The Balaban J connectivity index is 0.00000122. The SMILES string of the molecule is CC(C)(C)C1CCCCC1[N-]CCC[N-]C1CCCCC1C(C)(C)C.[Cl][Ti][Cl]. The van der Waals surface area contributed by atoms with Gasteiger partial charge in [0.1, 0.15) is 0 Å². The molecule has 2 nitrogen and oxygen atoms in total. The number of hydrogen-bond acceptors (Lipinski definition) is 0. The van der Waals surface area contributed by atoms with Gasteiger partial charge < -0.3 is 10.6 Å². The van der Waals surface area contributed by atoms with Crippen LogP contribution in [-0.4, -0.2) is 25.2 Å². The second-order valence-electron chi connectivity index (χ2n) is 10.9. The second kappa shape index (κ2) is 13.6. The molecular formula is C23H44Cl2N2Ti-2. The molecular weight excluding hydrogens is 423 g/mol. The molecule has 0 radical (unpaired) electrons. The van der Waals surface area contributed by atoms with Crippen LogP contribution in [0.4, 0.5) is 0 Å². The van der Waals surface area contributed by atoms with E-state index >= 15 is 0 Å². The summed E-state index contributed by atoms with van der Waals surface area (Å²) in [6.07, 6.45) is 12.1. The summed E-state index contributed by atoms with van der Waals surface area (Å²) in [5.41, 5.74) is 0.808. The molecule has 4 unspecified atom stereocenters. The summed E-state index contributed by atoms with van der Waals surface area (Å²) >= 11 is -0.556. The van der Waals surface area contributed by atoms with Gasteiger partial charge in [0.2, 0.25) is 0 Å². The van der Waals surface area contributed by atoms with Crippen LogP contribution in [0, 0.1) is 22.7 Å². The van der Waals surface area contributed by atoms with Crippen molar-refractivity contribution in [2.45, 2.75) is 111 Å². The molecule has 2 rings (SSSR count). The van der Waals surface area contributed by atoms with Crippen LogP contribution >= 0.6 is 18.6 Å². The van der Waals surface area contributed by atoms with Crippen molar-refractivity contribution in [2.75, 3.05) is 13.1 Å². The summed E-state index contributed by atoms with van der Waals surface area (Å²) in [6.45, 7) is 16.4. The van der Waals surface area contributed by atoms with Gasteiger partial charge in [0.25, 0.3) is 0 Å². The van der Waals surface area contributed by atoms with E-state index in [1.54, 1.807) is 0 Å². The van der Waals surface area contributed by atoms with Crippen molar-refractivity contribution in [1.29, 1.82) is 0 Å². The molecule has 2 aliphatic carbocycles. The standard InChI is InChI=1S/C23H44N2.2ClH.Ti/c1-22(2,3)18-12-7-9-14-20(18)24-16-11-17-25-21-15-10-8-13-19(21)23(4,5)6;;;/h18-21H,7-17H2,1-6H3;2*1H;/q-2;;;+2/p-2. The first-order valence-corrected chi connectivity index (χ1v) is 15.7. The second-order valence-corrected chi connectivity index (χ2v) is 13.5. The quantitative estimate of drug-likeness (QED) is 0.276. The Morgan fingerprint density at radius 2 is 1.00 bits per heavy atom. The van der Waals surface area contributed by atoms with Gasteiger partial charge in [-0.15, -0.1) is 12.1 Å². The first-order chi connectivity index (χ1) is 13.1. The minimum absolute atomic E-state index is 0.404. The van der Waals surface area contributed by atoms with Crippen LogP contribution in [0.25, 0.3) is 10.6 Å². The first-order valence-electron chi connectivity index (χ1n) is 11.4. The van der Waals surface area contributed by atoms with Crippen LogP contribution in [0.3, 0.4) is 0 Å². The molecule has 2 saturated carbocycles. The Bertz CT molecular complexity index is 370. The van der Waals surface area contributed by atoms with E-state index in [0.29, 0.717) is 22.9 Å². The molecule has 0 amide bonds. The summed E-state index contributed by atoms with van der Waals surface area (Å²) < 4.78 is 0. The maximum atomic E-state index is 5.12. The van der Waals surface area contributed by atoms with Crippen molar-refractivity contribution < 1.29 is 17.0 Å². The van der Waals surface area contributed by atoms with Crippen LogP contribution < -0.4 is 0 Å². The average Bonchev–Trinajstić information content (AvgIpc) is 2.61. The van der Waals surface area contributed by atoms with E-state index in [2.05, 4.69) is 41.5 Å². The van der Waals surface area contributed by atoms with E-state index in [-0.39, 0.29) is 0 Å². The van der Waals surface area contributed by atoms with Crippen molar-refractivity contribution in [3.63, 3.8) is 0 Å². The molecule has 0 saturated heterocycles. The van der Waals surface area contributed by atoms with Gasteiger partial charge in [-0.1, -0.05) is 111 Å². The van der Waals surface area contributed by atoms with E-state index in [4.69, 9.17) is 29.2 Å². The Labute approximate surface area is 192 Å². The number of nitrogens with zero attached hydrogens (tertiary/aromatic N) is 2. The summed E-state index contributed by atoms with van der Waals surface area (Å²) in [6, 6.07) is 1.21. The van der Waals surface area contributed by atoms with E-state index in [0.717, 1.165) is 31.3 Å². The fraction of sp³-hybridized carbons (Fsp3) is 1.00. The Hall–Kier alpha value is 1.21. The van der Waals surface area contributed by atoms with Gasteiger partial charge >= 0.3 is 35.6 Å². The molecule has 166 valence electrons. The predicted molar refractivity (Wildman–Crippen MR) is 123 cm³/mol. The third-order valence-electron chi connectivity index (χ3n) is 6.73. The minimum atomic E-state index is -0.556. The average molecular weight is 467 g/mol. The number of hydrogen-bond donors (Lipinski definition) is 0. The van der Waals surface area contributed by atoms with Crippen LogP contribution in [0.5, 0.6) is 0 Å². The van der Waals surface area contributed by atoms with Gasteiger partial charge in [-0.3, -0.25) is 0 Å². The van der Waals surface area contributed by atoms with Crippen molar-refractivity contribution >= 4 is 18.6 Å². The Kier molecular flexibility index (Phi) is 13.2. The Morgan fingerprint density at radius 1 is 0.679 bits per heavy atom. The molecule has 0 aliphatic heterocycles. The molecule has 5 heteroatoms. The summed E-state index contributed by atoms with van der Waals surface area (Å²) in [7, 11) is 9.78. The van der Waals surface area contributed by atoms with Crippen molar-refractivity contribution in [3.05, 3.63) is 10.6 Å². The normalized spacial score (nSPS) is 29.0. The molecule has 2 aliphatic rings. The Morgan fingerprint density at radius 3 is 1.32 bits per heavy atom. The van der Waals surface area contributed by atoms with E-state index in [1.165, 1.54) is 51.4 Å². The molecule has 0 heterocycles. The third-order valence-corrected chi connectivity index (χ3v) is 6.73. The maximum absolute atomic E-state index is 5.12. The van der Waals surface area contributed by atoms with E-state index in [1.807, 2.05) is 0 Å². The molecule has 0 spiro atoms. The van der Waals surface area contributed by atoms with Crippen LogP contribution in [0.2, 0.25) is 0 Å². The van der Waals surface area contributed by atoms with E-state index < -0.39 is 17.0 Å². The summed E-state index contributed by atoms with van der Waals surface area (Å²) in [5.74, 6) is 1.56. The van der Waals surface area contributed by atoms with Crippen LogP contribution in [-0.2, 0) is 17.0 Å². The zero-order valence-corrected chi connectivity index (χ0v) is 22.3. The number of rotatable bonds is 6. The third kappa shape index (κ3) is 10.0. The van der Waals surface area contributed by atoms with Crippen molar-refractivity contribution in [2.24, 2.45) is 22.7 Å². The topological polar surface area (TPSA) is 28.2 Å². The zero-order valence-electron chi connectivity index (χ0n) is 19.2. The number of halogens is 2. The summed E-state index contributed by atoms with van der Waals surface area (Å²) in [5, 5.41) is 10.2. The van der Waals surface area contributed by atoms with Gasteiger partial charge in [0, 0.05) is 0 Å². The van der Waals surface area contributed by atoms with E-state index in [9.17, 15) is 0 Å². The van der Waals surface area contributed by atoms with Crippen LogP contribution in [0.1, 0.15) is 99.3 Å². The van der Waals surface area contributed by atoms with Gasteiger partial charge in [-0.05, 0) is 10.8 Å². The first kappa shape index (κ1) is 27.2. The predicted octanol–water partition coefficient (Wildman–Crippen LogP) is 8.71. The molecule has 2 fully saturated rings. The van der Waals surface area contributed by atoms with Gasteiger partial charge in [0.15, 0.2) is 0 Å². The van der Waals surface area contributed by atoms with Gasteiger partial charge in [0.05, 0.1) is 0 Å². The monoisotopic (exact) mass is 466 g/mol. The van der Waals surface area contributed by atoms with Crippen molar-refractivity contribution in [1.82, 2.24) is 0 Å². The molecule has 28 heavy (non-hydrogen) atoms. The molecule has 4 atom stereocenters. The fourth-order valence-corrected chi connectivity index (χ4v) is 5.26.